The largest absolute Gasteiger partial charge is 0.479 e. The first kappa shape index (κ1) is 28.0. The maximum Gasteiger partial charge on any atom is 0.330 e. The van der Waals surface area contributed by atoms with Crippen LogP contribution in [0.15, 0.2) is 48.5 Å². The number of aliphatic carboxylic acids is 1. The molecule has 0 radical (unpaired) electrons. The number of carbonyl (C=O) groups is 3. The van der Waals surface area contributed by atoms with Crippen molar-refractivity contribution in [3.05, 3.63) is 69.7 Å². The van der Waals surface area contributed by atoms with Crippen molar-refractivity contribution < 1.29 is 29.0 Å². The normalized spacial score (nSPS) is 22.1. The second-order valence-corrected chi connectivity index (χ2v) is 10.7. The minimum absolute atomic E-state index is 0.120. The maximum absolute atomic E-state index is 14.1. The van der Waals surface area contributed by atoms with Crippen LogP contribution in [-0.4, -0.2) is 46.6 Å². The van der Waals surface area contributed by atoms with Crippen LogP contribution in [0.5, 0.6) is 0 Å². The van der Waals surface area contributed by atoms with E-state index in [-0.39, 0.29) is 12.8 Å². The highest BCUT2D eigenvalue weighted by Gasteiger charge is 2.60. The van der Waals surface area contributed by atoms with E-state index in [1.807, 2.05) is 0 Å². The molecule has 0 aliphatic carbocycles. The highest BCUT2D eigenvalue weighted by atomic mass is 35.5. The molecular formula is C27H31Cl2NO6. The molecule has 1 aliphatic heterocycles. The van der Waals surface area contributed by atoms with Gasteiger partial charge in [-0.05, 0) is 47.2 Å². The molecule has 2 aromatic carbocycles. The third-order valence-electron chi connectivity index (χ3n) is 6.87. The molecule has 0 spiro atoms. The summed E-state index contributed by atoms with van der Waals surface area (Å²) in [5.41, 5.74) is -1.25. The van der Waals surface area contributed by atoms with Crippen molar-refractivity contribution in [2.45, 2.75) is 64.3 Å². The van der Waals surface area contributed by atoms with Gasteiger partial charge in [0.2, 0.25) is 0 Å². The lowest BCUT2D eigenvalue weighted by Crippen LogP contribution is -2.69. The number of nitrogens with zero attached hydrogens (tertiary/aromatic N) is 1. The Kier molecular flexibility index (Phi) is 8.38. The Hall–Kier alpha value is -2.61. The zero-order valence-electron chi connectivity index (χ0n) is 21.0. The standard InChI is InChI=1S/C27H31Cl2NO6/c1-6-27(25(33)34,26(2,3)4)30-22(16-10-12-18(28)13-11-16)23(17-8-7-9-19(29)14-17)36-20(24(30)32)15-21(31)35-5/h7-14,20,22-23H,6,15H2,1-5H3,(H,33,34)/t20-,22-,23-,27-/m1/s1. The number of carboxylic acid groups (broad SMARTS) is 1. The van der Waals surface area contributed by atoms with Gasteiger partial charge in [-0.1, -0.05) is 75.2 Å². The van der Waals surface area contributed by atoms with Gasteiger partial charge in [0, 0.05) is 10.0 Å². The van der Waals surface area contributed by atoms with E-state index in [1.165, 1.54) is 12.0 Å². The molecule has 1 heterocycles. The van der Waals surface area contributed by atoms with Crippen molar-refractivity contribution in [1.82, 2.24) is 4.90 Å². The summed E-state index contributed by atoms with van der Waals surface area (Å²) in [5.74, 6) is -2.39. The fourth-order valence-corrected chi connectivity index (χ4v) is 5.42. The van der Waals surface area contributed by atoms with E-state index in [4.69, 9.17) is 32.7 Å². The number of hydrogen-bond donors (Lipinski definition) is 1. The Balaban J connectivity index is 2.36. The molecular weight excluding hydrogens is 505 g/mol. The number of ether oxygens (including phenoxy) is 2. The molecule has 1 N–H and O–H groups in total. The Morgan fingerprint density at radius 1 is 1.06 bits per heavy atom. The molecule has 0 unspecified atom stereocenters. The number of amides is 1. The van der Waals surface area contributed by atoms with E-state index >= 15 is 0 Å². The molecule has 0 bridgehead atoms. The highest BCUT2D eigenvalue weighted by Crippen LogP contribution is 2.51. The van der Waals surface area contributed by atoms with Gasteiger partial charge in [-0.3, -0.25) is 9.59 Å². The van der Waals surface area contributed by atoms with Gasteiger partial charge in [0.1, 0.15) is 17.7 Å². The van der Waals surface area contributed by atoms with Crippen LogP contribution in [0.4, 0.5) is 0 Å². The Bertz CT molecular complexity index is 1130. The van der Waals surface area contributed by atoms with Gasteiger partial charge in [0.15, 0.2) is 0 Å². The van der Waals surface area contributed by atoms with Crippen LogP contribution < -0.4 is 0 Å². The average molecular weight is 536 g/mol. The lowest BCUT2D eigenvalue weighted by atomic mass is 9.68. The number of morpholine rings is 1. The van der Waals surface area contributed by atoms with Gasteiger partial charge >= 0.3 is 11.9 Å². The summed E-state index contributed by atoms with van der Waals surface area (Å²) in [5, 5.41) is 11.6. The summed E-state index contributed by atoms with van der Waals surface area (Å²) >= 11 is 12.5. The van der Waals surface area contributed by atoms with Crippen molar-refractivity contribution in [1.29, 1.82) is 0 Å². The number of methoxy groups -OCH3 is 1. The molecule has 1 amide bonds. The quantitative estimate of drug-likeness (QED) is 0.447. The first-order valence-corrected chi connectivity index (χ1v) is 12.4. The zero-order valence-corrected chi connectivity index (χ0v) is 22.5. The molecule has 9 heteroatoms. The van der Waals surface area contributed by atoms with Gasteiger partial charge in [0.05, 0.1) is 19.6 Å². The fourth-order valence-electron chi connectivity index (χ4n) is 5.10. The van der Waals surface area contributed by atoms with Crippen LogP contribution in [-0.2, 0) is 23.9 Å². The number of carboxylic acids is 1. The summed E-state index contributed by atoms with van der Waals surface area (Å²) < 4.78 is 11.1. The number of benzene rings is 2. The summed E-state index contributed by atoms with van der Waals surface area (Å²) in [4.78, 5) is 40.8. The number of rotatable bonds is 7. The summed E-state index contributed by atoms with van der Waals surface area (Å²) in [6.07, 6.45) is -2.32. The van der Waals surface area contributed by atoms with Crippen LogP contribution in [0.1, 0.15) is 63.8 Å². The molecule has 2 aromatic rings. The van der Waals surface area contributed by atoms with E-state index in [0.29, 0.717) is 21.2 Å². The van der Waals surface area contributed by atoms with Gasteiger partial charge < -0.3 is 19.5 Å². The Morgan fingerprint density at radius 3 is 2.19 bits per heavy atom. The minimum atomic E-state index is -1.64. The number of halogens is 2. The van der Waals surface area contributed by atoms with Crippen LogP contribution in [0.2, 0.25) is 10.0 Å². The van der Waals surface area contributed by atoms with Crippen LogP contribution in [0.3, 0.4) is 0 Å². The molecule has 1 fully saturated rings. The molecule has 0 saturated carbocycles. The Labute approximate surface area is 221 Å². The third-order valence-corrected chi connectivity index (χ3v) is 7.36. The maximum atomic E-state index is 14.1. The van der Waals surface area contributed by atoms with E-state index in [0.717, 1.165) is 0 Å². The first-order valence-electron chi connectivity index (χ1n) is 11.7. The summed E-state index contributed by atoms with van der Waals surface area (Å²) in [7, 11) is 1.22. The molecule has 194 valence electrons. The van der Waals surface area contributed by atoms with Gasteiger partial charge in [-0.2, -0.15) is 0 Å². The van der Waals surface area contributed by atoms with Crippen LogP contribution in [0, 0.1) is 5.41 Å². The van der Waals surface area contributed by atoms with Crippen molar-refractivity contribution in [2.75, 3.05) is 7.11 Å². The first-order chi connectivity index (χ1) is 16.9. The second-order valence-electron chi connectivity index (χ2n) is 9.85. The fraction of sp³-hybridized carbons (Fsp3) is 0.444. The van der Waals surface area contributed by atoms with E-state index < -0.39 is 47.0 Å². The van der Waals surface area contributed by atoms with Gasteiger partial charge in [0.25, 0.3) is 5.91 Å². The lowest BCUT2D eigenvalue weighted by molar-refractivity contribution is -0.207. The molecule has 1 saturated heterocycles. The van der Waals surface area contributed by atoms with Crippen LogP contribution in [0.25, 0.3) is 0 Å². The molecule has 0 aromatic heterocycles. The molecule has 36 heavy (non-hydrogen) atoms. The number of esters is 1. The van der Waals surface area contributed by atoms with Crippen molar-refractivity contribution in [3.8, 4) is 0 Å². The third kappa shape index (κ3) is 5.10. The van der Waals surface area contributed by atoms with Crippen molar-refractivity contribution in [3.63, 3.8) is 0 Å². The monoisotopic (exact) mass is 535 g/mol. The van der Waals surface area contributed by atoms with Crippen LogP contribution >= 0.6 is 23.2 Å². The SMILES string of the molecule is CC[C@](C(=O)O)(N1C(=O)[C@@H](CC(=O)OC)O[C@H](c2cccc(Cl)c2)[C@H]1c1ccc(Cl)cc1)C(C)(C)C. The molecule has 4 atom stereocenters. The molecule has 1 aliphatic rings. The predicted octanol–water partition coefficient (Wildman–Crippen LogP) is 5.85. The number of hydrogen-bond acceptors (Lipinski definition) is 5. The molecule has 3 rings (SSSR count). The minimum Gasteiger partial charge on any atom is -0.479 e. The zero-order chi connectivity index (χ0) is 26.8. The lowest BCUT2D eigenvalue weighted by Gasteiger charge is -2.56. The summed E-state index contributed by atoms with van der Waals surface area (Å²) in [6, 6.07) is 13.0. The smallest absolute Gasteiger partial charge is 0.330 e. The van der Waals surface area contributed by atoms with Gasteiger partial charge in [-0.15, -0.1) is 0 Å². The predicted molar refractivity (Wildman–Crippen MR) is 137 cm³/mol. The van der Waals surface area contributed by atoms with E-state index in [1.54, 1.807) is 76.2 Å². The van der Waals surface area contributed by atoms with E-state index in [9.17, 15) is 19.5 Å². The van der Waals surface area contributed by atoms with Crippen molar-refractivity contribution >= 4 is 41.0 Å². The highest BCUT2D eigenvalue weighted by molar-refractivity contribution is 6.30. The topological polar surface area (TPSA) is 93.1 Å². The summed E-state index contributed by atoms with van der Waals surface area (Å²) in [6.45, 7) is 7.10. The van der Waals surface area contributed by atoms with Gasteiger partial charge in [-0.25, -0.2) is 4.79 Å². The molecule has 7 nitrogen and oxygen atoms in total. The average Bonchev–Trinajstić information content (AvgIpc) is 2.81. The van der Waals surface area contributed by atoms with E-state index in [2.05, 4.69) is 0 Å². The second kappa shape index (κ2) is 10.8. The van der Waals surface area contributed by atoms with Crippen molar-refractivity contribution in [2.24, 2.45) is 5.41 Å². The Morgan fingerprint density at radius 2 is 1.69 bits per heavy atom. The number of carbonyl (C=O) groups excluding carboxylic acids is 2.